The van der Waals surface area contributed by atoms with Gasteiger partial charge in [0.2, 0.25) is 5.91 Å². The van der Waals surface area contributed by atoms with Crippen molar-refractivity contribution in [2.75, 3.05) is 26.1 Å². The molecular weight excluding hydrogens is 324 g/mol. The minimum absolute atomic E-state index is 0.0583. The summed E-state index contributed by atoms with van der Waals surface area (Å²) in [6, 6.07) is 7.55. The Morgan fingerprint density at radius 2 is 2.08 bits per heavy atom. The number of hydrogen-bond acceptors (Lipinski definition) is 5. The molecule has 0 radical (unpaired) electrons. The summed E-state index contributed by atoms with van der Waals surface area (Å²) in [5.41, 5.74) is 1.94. The fourth-order valence-electron chi connectivity index (χ4n) is 2.36. The van der Waals surface area contributed by atoms with Crippen LogP contribution in [0.5, 0.6) is 11.5 Å². The first-order valence-corrected chi connectivity index (χ1v) is 8.83. The first-order chi connectivity index (χ1) is 11.6. The predicted octanol–water partition coefficient (Wildman–Crippen LogP) is 3.31. The van der Waals surface area contributed by atoms with E-state index in [1.807, 2.05) is 6.92 Å². The monoisotopic (exact) mass is 348 g/mol. The second kappa shape index (κ2) is 9.30. The number of nitrogens with one attached hydrogen (secondary N) is 2. The molecule has 0 saturated carbocycles. The lowest BCUT2D eigenvalue weighted by Gasteiger charge is -2.15. The van der Waals surface area contributed by atoms with Crippen molar-refractivity contribution in [3.63, 3.8) is 0 Å². The largest absolute Gasteiger partial charge is 0.497 e. The van der Waals surface area contributed by atoms with Gasteiger partial charge in [-0.05, 0) is 54.4 Å². The molecule has 24 heavy (non-hydrogen) atoms. The quantitative estimate of drug-likeness (QED) is 0.730. The molecule has 0 aliphatic rings. The highest BCUT2D eigenvalue weighted by molar-refractivity contribution is 7.07. The molecular formula is C18H24N2O3S. The molecule has 0 bridgehead atoms. The number of anilines is 1. The van der Waals surface area contributed by atoms with Crippen LogP contribution in [0.25, 0.3) is 0 Å². The van der Waals surface area contributed by atoms with E-state index in [2.05, 4.69) is 27.5 Å². The molecule has 2 N–H and O–H groups in total. The van der Waals surface area contributed by atoms with Crippen LogP contribution in [0.3, 0.4) is 0 Å². The number of ether oxygens (including phenoxy) is 2. The van der Waals surface area contributed by atoms with Gasteiger partial charge in [0, 0.05) is 18.5 Å². The van der Waals surface area contributed by atoms with Crippen LogP contribution in [0.2, 0.25) is 0 Å². The Hall–Kier alpha value is -2.05. The maximum Gasteiger partial charge on any atom is 0.226 e. The average Bonchev–Trinajstić information content (AvgIpc) is 3.08. The first-order valence-electron chi connectivity index (χ1n) is 7.88. The van der Waals surface area contributed by atoms with Crippen LogP contribution < -0.4 is 20.1 Å². The zero-order valence-corrected chi connectivity index (χ0v) is 15.1. The lowest BCUT2D eigenvalue weighted by atomic mass is 10.2. The second-order valence-electron chi connectivity index (χ2n) is 5.56. The Morgan fingerprint density at radius 1 is 1.25 bits per heavy atom. The van der Waals surface area contributed by atoms with Crippen molar-refractivity contribution in [2.24, 2.45) is 0 Å². The Kier molecular flexibility index (Phi) is 7.08. The van der Waals surface area contributed by atoms with E-state index in [-0.39, 0.29) is 11.9 Å². The fourth-order valence-corrected chi connectivity index (χ4v) is 3.06. The molecule has 0 aliphatic heterocycles. The van der Waals surface area contributed by atoms with Gasteiger partial charge in [0.25, 0.3) is 0 Å². The van der Waals surface area contributed by atoms with Gasteiger partial charge in [-0.2, -0.15) is 11.3 Å². The predicted molar refractivity (Wildman–Crippen MR) is 98.3 cm³/mol. The Labute approximate surface area is 147 Å². The summed E-state index contributed by atoms with van der Waals surface area (Å²) in [6.07, 6.45) is 1.36. The van der Waals surface area contributed by atoms with Gasteiger partial charge in [0.1, 0.15) is 11.5 Å². The maximum atomic E-state index is 12.2. The zero-order chi connectivity index (χ0) is 17.4. The summed E-state index contributed by atoms with van der Waals surface area (Å²) in [5.74, 6) is 1.23. The highest BCUT2D eigenvalue weighted by atomic mass is 32.1. The van der Waals surface area contributed by atoms with Gasteiger partial charge in [-0.25, -0.2) is 0 Å². The van der Waals surface area contributed by atoms with Crippen LogP contribution >= 0.6 is 11.3 Å². The van der Waals surface area contributed by atoms with E-state index in [1.54, 1.807) is 43.8 Å². The topological polar surface area (TPSA) is 59.6 Å². The summed E-state index contributed by atoms with van der Waals surface area (Å²) in [5, 5.41) is 10.5. The summed E-state index contributed by atoms with van der Waals surface area (Å²) >= 11 is 1.70. The van der Waals surface area contributed by atoms with E-state index in [0.717, 1.165) is 13.0 Å². The number of thiophene rings is 1. The minimum atomic E-state index is -0.0583. The third-order valence-corrected chi connectivity index (χ3v) is 4.39. The van der Waals surface area contributed by atoms with Crippen LogP contribution in [0.4, 0.5) is 5.69 Å². The highest BCUT2D eigenvalue weighted by Gasteiger charge is 2.12. The normalized spacial score (nSPS) is 11.8. The van der Waals surface area contributed by atoms with Gasteiger partial charge in [-0.15, -0.1) is 0 Å². The maximum absolute atomic E-state index is 12.2. The smallest absolute Gasteiger partial charge is 0.226 e. The van der Waals surface area contributed by atoms with Crippen LogP contribution in [0, 0.1) is 0 Å². The average molecular weight is 348 g/mol. The number of rotatable bonds is 9. The van der Waals surface area contributed by atoms with Gasteiger partial charge in [-0.3, -0.25) is 4.79 Å². The van der Waals surface area contributed by atoms with E-state index >= 15 is 0 Å². The lowest BCUT2D eigenvalue weighted by molar-refractivity contribution is -0.116. The summed E-state index contributed by atoms with van der Waals surface area (Å²) in [6.45, 7) is 2.86. The van der Waals surface area contributed by atoms with E-state index in [1.165, 1.54) is 5.56 Å². The second-order valence-corrected chi connectivity index (χ2v) is 6.34. The number of hydrogen-bond donors (Lipinski definition) is 2. The molecule has 0 aliphatic carbocycles. The Morgan fingerprint density at radius 3 is 2.75 bits per heavy atom. The van der Waals surface area contributed by atoms with Crippen molar-refractivity contribution in [3.8, 4) is 11.5 Å². The number of methoxy groups -OCH3 is 2. The van der Waals surface area contributed by atoms with Crippen molar-refractivity contribution in [2.45, 2.75) is 25.8 Å². The zero-order valence-electron chi connectivity index (χ0n) is 14.3. The molecule has 1 atom stereocenters. The summed E-state index contributed by atoms with van der Waals surface area (Å²) in [4.78, 5) is 12.2. The molecule has 6 heteroatoms. The summed E-state index contributed by atoms with van der Waals surface area (Å²) in [7, 11) is 3.17. The molecule has 2 aromatic rings. The molecule has 130 valence electrons. The fraction of sp³-hybridized carbons (Fsp3) is 0.389. The Bertz CT molecular complexity index is 644. The first kappa shape index (κ1) is 18.3. The number of carbonyl (C=O) groups excluding carboxylic acids is 1. The van der Waals surface area contributed by atoms with Crippen LogP contribution in [-0.2, 0) is 11.2 Å². The molecule has 1 amide bonds. The standard InChI is InChI=1S/C18H24N2O3S/c1-13(19-8-6-14-7-9-24-12-14)10-18(21)20-16-11-15(22-2)4-5-17(16)23-3/h4-5,7,9,11-13,19H,6,8,10H2,1-3H3,(H,20,21). The van der Waals surface area contributed by atoms with Crippen molar-refractivity contribution in [1.82, 2.24) is 5.32 Å². The van der Waals surface area contributed by atoms with Gasteiger partial charge in [0.15, 0.2) is 0 Å². The third-order valence-electron chi connectivity index (χ3n) is 3.66. The van der Waals surface area contributed by atoms with Gasteiger partial charge >= 0.3 is 0 Å². The molecule has 1 aromatic heterocycles. The molecule has 2 rings (SSSR count). The summed E-state index contributed by atoms with van der Waals surface area (Å²) < 4.78 is 10.5. The van der Waals surface area contributed by atoms with Crippen LogP contribution in [0.1, 0.15) is 18.9 Å². The number of carbonyl (C=O) groups is 1. The molecule has 1 unspecified atom stereocenters. The SMILES string of the molecule is COc1ccc(OC)c(NC(=O)CC(C)NCCc2ccsc2)c1. The van der Waals surface area contributed by atoms with Crippen LogP contribution in [0.15, 0.2) is 35.0 Å². The molecule has 0 spiro atoms. The number of benzene rings is 1. The van der Waals surface area contributed by atoms with Gasteiger partial charge in [0.05, 0.1) is 19.9 Å². The molecule has 0 fully saturated rings. The van der Waals surface area contributed by atoms with Crippen LogP contribution in [-0.4, -0.2) is 32.7 Å². The Balaban J connectivity index is 1.81. The van der Waals surface area contributed by atoms with E-state index < -0.39 is 0 Å². The van der Waals surface area contributed by atoms with E-state index in [4.69, 9.17) is 9.47 Å². The van der Waals surface area contributed by atoms with Crippen molar-refractivity contribution < 1.29 is 14.3 Å². The molecule has 1 heterocycles. The minimum Gasteiger partial charge on any atom is -0.497 e. The highest BCUT2D eigenvalue weighted by Crippen LogP contribution is 2.28. The molecule has 0 saturated heterocycles. The third kappa shape index (κ3) is 5.54. The van der Waals surface area contributed by atoms with Crippen molar-refractivity contribution in [1.29, 1.82) is 0 Å². The van der Waals surface area contributed by atoms with Gasteiger partial charge in [-0.1, -0.05) is 0 Å². The number of amides is 1. The van der Waals surface area contributed by atoms with Crippen molar-refractivity contribution >= 4 is 22.9 Å². The molecule has 5 nitrogen and oxygen atoms in total. The van der Waals surface area contributed by atoms with E-state index in [0.29, 0.717) is 23.6 Å². The van der Waals surface area contributed by atoms with Crippen molar-refractivity contribution in [3.05, 3.63) is 40.6 Å². The van der Waals surface area contributed by atoms with E-state index in [9.17, 15) is 4.79 Å². The lowest BCUT2D eigenvalue weighted by Crippen LogP contribution is -2.32. The van der Waals surface area contributed by atoms with Gasteiger partial charge < -0.3 is 20.1 Å². The molecule has 1 aromatic carbocycles.